The predicted octanol–water partition coefficient (Wildman–Crippen LogP) is 4.71. The van der Waals surface area contributed by atoms with Gasteiger partial charge in [0.2, 0.25) is 0 Å². The van der Waals surface area contributed by atoms with Crippen LogP contribution < -0.4 is 0 Å². The van der Waals surface area contributed by atoms with Crippen LogP contribution in [-0.4, -0.2) is 15.7 Å². The third-order valence-electron chi connectivity index (χ3n) is 2.77. The van der Waals surface area contributed by atoms with Crippen molar-refractivity contribution in [2.75, 3.05) is 5.75 Å². The third kappa shape index (κ3) is 8.19. The number of unbranched alkanes of at least 4 members (excludes halogenated alkanes) is 7. The quantitative estimate of drug-likeness (QED) is 0.342. The SMILES string of the molecule is CCCCCCCCCCSc1ncccn1. The summed E-state index contributed by atoms with van der Waals surface area (Å²) in [6.45, 7) is 2.27. The van der Waals surface area contributed by atoms with Gasteiger partial charge in [-0.25, -0.2) is 9.97 Å². The Hall–Kier alpha value is -0.570. The molecule has 1 rings (SSSR count). The van der Waals surface area contributed by atoms with Crippen LogP contribution in [0.25, 0.3) is 0 Å². The van der Waals surface area contributed by atoms with Gasteiger partial charge < -0.3 is 0 Å². The van der Waals surface area contributed by atoms with Gasteiger partial charge in [-0.15, -0.1) is 0 Å². The summed E-state index contributed by atoms with van der Waals surface area (Å²) < 4.78 is 0. The van der Waals surface area contributed by atoms with Crippen molar-refractivity contribution in [3.8, 4) is 0 Å². The molecule has 17 heavy (non-hydrogen) atoms. The van der Waals surface area contributed by atoms with Crippen molar-refractivity contribution < 1.29 is 0 Å². The first-order valence-electron chi connectivity index (χ1n) is 6.83. The Labute approximate surface area is 110 Å². The Morgan fingerprint density at radius 3 is 2.12 bits per heavy atom. The smallest absolute Gasteiger partial charge is 0.187 e. The molecule has 2 nitrogen and oxygen atoms in total. The monoisotopic (exact) mass is 252 g/mol. The summed E-state index contributed by atoms with van der Waals surface area (Å²) in [6, 6.07) is 1.86. The van der Waals surface area contributed by atoms with E-state index >= 15 is 0 Å². The molecule has 0 spiro atoms. The zero-order valence-electron chi connectivity index (χ0n) is 10.9. The topological polar surface area (TPSA) is 25.8 Å². The maximum atomic E-state index is 4.20. The molecule has 0 saturated heterocycles. The molecule has 0 saturated carbocycles. The molecule has 3 heteroatoms. The van der Waals surface area contributed by atoms with Crippen molar-refractivity contribution in [2.45, 2.75) is 63.4 Å². The summed E-state index contributed by atoms with van der Waals surface area (Å²) in [7, 11) is 0. The molecule has 0 radical (unpaired) electrons. The van der Waals surface area contributed by atoms with E-state index in [0.717, 1.165) is 10.9 Å². The molecule has 1 aromatic heterocycles. The molecule has 0 aliphatic rings. The Morgan fingerprint density at radius 1 is 0.882 bits per heavy atom. The number of aromatic nitrogens is 2. The average Bonchev–Trinajstić information content (AvgIpc) is 2.38. The van der Waals surface area contributed by atoms with E-state index < -0.39 is 0 Å². The first-order valence-corrected chi connectivity index (χ1v) is 7.82. The minimum atomic E-state index is 0.912. The summed E-state index contributed by atoms with van der Waals surface area (Å²) in [5.41, 5.74) is 0. The van der Waals surface area contributed by atoms with Crippen LogP contribution in [0.4, 0.5) is 0 Å². The van der Waals surface area contributed by atoms with Crippen molar-refractivity contribution in [3.05, 3.63) is 18.5 Å². The van der Waals surface area contributed by atoms with Crippen molar-refractivity contribution >= 4 is 11.8 Å². The zero-order valence-corrected chi connectivity index (χ0v) is 11.7. The maximum absolute atomic E-state index is 4.20. The van der Waals surface area contributed by atoms with Crippen LogP contribution in [0.5, 0.6) is 0 Å². The Morgan fingerprint density at radius 2 is 1.47 bits per heavy atom. The van der Waals surface area contributed by atoms with Crippen LogP contribution in [-0.2, 0) is 0 Å². The fourth-order valence-electron chi connectivity index (χ4n) is 1.76. The first-order chi connectivity index (χ1) is 8.43. The van der Waals surface area contributed by atoms with Gasteiger partial charge in [0, 0.05) is 18.1 Å². The summed E-state index contributed by atoms with van der Waals surface area (Å²) in [4.78, 5) is 8.40. The highest BCUT2D eigenvalue weighted by Crippen LogP contribution is 2.15. The number of hydrogen-bond acceptors (Lipinski definition) is 3. The molecule has 0 bridgehead atoms. The lowest BCUT2D eigenvalue weighted by Gasteiger charge is -2.01. The molecule has 0 fully saturated rings. The van der Waals surface area contributed by atoms with Crippen molar-refractivity contribution in [3.63, 3.8) is 0 Å². The van der Waals surface area contributed by atoms with E-state index in [2.05, 4.69) is 16.9 Å². The van der Waals surface area contributed by atoms with Crippen LogP contribution in [0.1, 0.15) is 58.3 Å². The summed E-state index contributed by atoms with van der Waals surface area (Å²) in [5, 5.41) is 0.912. The van der Waals surface area contributed by atoms with E-state index in [1.54, 1.807) is 11.8 Å². The van der Waals surface area contributed by atoms with E-state index in [1.165, 1.54) is 51.4 Å². The van der Waals surface area contributed by atoms with Gasteiger partial charge >= 0.3 is 0 Å². The van der Waals surface area contributed by atoms with E-state index in [1.807, 2.05) is 18.5 Å². The maximum Gasteiger partial charge on any atom is 0.187 e. The largest absolute Gasteiger partial charge is 0.231 e. The number of nitrogens with zero attached hydrogens (tertiary/aromatic N) is 2. The molecule has 0 unspecified atom stereocenters. The van der Waals surface area contributed by atoms with Crippen LogP contribution >= 0.6 is 11.8 Å². The fourth-order valence-corrected chi connectivity index (χ4v) is 2.56. The number of thioether (sulfide) groups is 1. The molecule has 0 atom stereocenters. The van der Waals surface area contributed by atoms with Crippen LogP contribution in [0, 0.1) is 0 Å². The minimum absolute atomic E-state index is 0.912. The second-order valence-electron chi connectivity index (χ2n) is 4.35. The molecule has 0 aliphatic carbocycles. The lowest BCUT2D eigenvalue weighted by atomic mass is 10.1. The van der Waals surface area contributed by atoms with Gasteiger partial charge in [0.15, 0.2) is 5.16 Å². The highest BCUT2D eigenvalue weighted by molar-refractivity contribution is 7.99. The van der Waals surface area contributed by atoms with E-state index in [0.29, 0.717) is 0 Å². The normalized spacial score (nSPS) is 10.6. The summed E-state index contributed by atoms with van der Waals surface area (Å²) in [5.74, 6) is 1.15. The lowest BCUT2D eigenvalue weighted by Crippen LogP contribution is -1.87. The van der Waals surface area contributed by atoms with Crippen molar-refractivity contribution in [2.24, 2.45) is 0 Å². The van der Waals surface area contributed by atoms with E-state index in [9.17, 15) is 0 Å². The molecule has 0 amide bonds. The van der Waals surface area contributed by atoms with Gasteiger partial charge in [-0.2, -0.15) is 0 Å². The molecule has 1 heterocycles. The molecular weight excluding hydrogens is 228 g/mol. The molecular formula is C14H24N2S. The van der Waals surface area contributed by atoms with Crippen LogP contribution in [0.15, 0.2) is 23.6 Å². The number of rotatable bonds is 10. The lowest BCUT2D eigenvalue weighted by molar-refractivity contribution is 0.586. The van der Waals surface area contributed by atoms with Gasteiger partial charge in [0.25, 0.3) is 0 Å². The van der Waals surface area contributed by atoms with Gasteiger partial charge in [-0.05, 0) is 12.5 Å². The van der Waals surface area contributed by atoms with Gasteiger partial charge in [-0.3, -0.25) is 0 Å². The summed E-state index contributed by atoms with van der Waals surface area (Å²) >= 11 is 1.77. The van der Waals surface area contributed by atoms with Crippen LogP contribution in [0.3, 0.4) is 0 Å². The highest BCUT2D eigenvalue weighted by atomic mass is 32.2. The highest BCUT2D eigenvalue weighted by Gasteiger charge is 1.96. The van der Waals surface area contributed by atoms with E-state index in [4.69, 9.17) is 0 Å². The zero-order chi connectivity index (χ0) is 12.2. The molecule has 0 aliphatic heterocycles. The first kappa shape index (κ1) is 14.5. The van der Waals surface area contributed by atoms with Gasteiger partial charge in [0.1, 0.15) is 0 Å². The molecule has 0 aromatic carbocycles. The second kappa shape index (κ2) is 10.6. The third-order valence-corrected chi connectivity index (χ3v) is 3.73. The van der Waals surface area contributed by atoms with Gasteiger partial charge in [0.05, 0.1) is 0 Å². The van der Waals surface area contributed by atoms with Crippen molar-refractivity contribution in [1.29, 1.82) is 0 Å². The minimum Gasteiger partial charge on any atom is -0.231 e. The predicted molar refractivity (Wildman–Crippen MR) is 75.4 cm³/mol. The van der Waals surface area contributed by atoms with Gasteiger partial charge in [-0.1, -0.05) is 63.6 Å². The Bertz CT molecular complexity index is 264. The fraction of sp³-hybridized carbons (Fsp3) is 0.714. The average molecular weight is 252 g/mol. The molecule has 96 valence electrons. The second-order valence-corrected chi connectivity index (χ2v) is 5.42. The standard InChI is InChI=1S/C14H24N2S/c1-2-3-4-5-6-7-8-9-13-17-14-15-11-10-12-16-14/h10-12H,2-9,13H2,1H3. The van der Waals surface area contributed by atoms with Crippen molar-refractivity contribution in [1.82, 2.24) is 9.97 Å². The molecule has 0 N–H and O–H groups in total. The van der Waals surface area contributed by atoms with E-state index in [-0.39, 0.29) is 0 Å². The summed E-state index contributed by atoms with van der Waals surface area (Å²) in [6.07, 6.45) is 14.6. The molecule has 1 aromatic rings. The Balaban J connectivity index is 1.85. The Kier molecular flexibility index (Phi) is 9.01. The number of hydrogen-bond donors (Lipinski definition) is 0. The van der Waals surface area contributed by atoms with Crippen LogP contribution in [0.2, 0.25) is 0 Å².